The first-order chi connectivity index (χ1) is 6.81. The molecular formula is C9H17NO4S. The summed E-state index contributed by atoms with van der Waals surface area (Å²) in [6.45, 7) is 3.79. The van der Waals surface area contributed by atoms with Crippen LogP contribution in [-0.2, 0) is 14.6 Å². The summed E-state index contributed by atoms with van der Waals surface area (Å²) in [6.07, 6.45) is 0.0158. The molecule has 88 valence electrons. The molecule has 6 heteroatoms. The summed E-state index contributed by atoms with van der Waals surface area (Å²) in [7, 11) is -1.41. The Labute approximate surface area is 90.3 Å². The van der Waals surface area contributed by atoms with Crippen LogP contribution in [0, 0.1) is 0 Å². The van der Waals surface area contributed by atoms with Gasteiger partial charge in [-0.15, -0.1) is 0 Å². The highest BCUT2D eigenvalue weighted by atomic mass is 32.2. The largest absolute Gasteiger partial charge is 0.450 e. The minimum absolute atomic E-state index is 0.0231. The fraction of sp³-hybridized carbons (Fsp3) is 0.889. The first-order valence-corrected chi connectivity index (χ1v) is 6.74. The first kappa shape index (κ1) is 12.3. The van der Waals surface area contributed by atoms with Crippen LogP contribution in [0.2, 0.25) is 0 Å². The summed E-state index contributed by atoms with van der Waals surface area (Å²) in [6, 6.07) is 0. The van der Waals surface area contributed by atoms with Crippen LogP contribution in [0.3, 0.4) is 0 Å². The Morgan fingerprint density at radius 3 is 2.53 bits per heavy atom. The molecule has 1 atom stereocenters. The third-order valence-corrected chi connectivity index (χ3v) is 4.72. The van der Waals surface area contributed by atoms with Crippen molar-refractivity contribution in [3.05, 3.63) is 0 Å². The van der Waals surface area contributed by atoms with Crippen molar-refractivity contribution in [2.45, 2.75) is 25.8 Å². The molecule has 0 aliphatic carbocycles. The SMILES string of the molecule is CCOC(=O)N(C)[C@@]1(C)CCS(=O)(=O)C1. The Kier molecular flexibility index (Phi) is 3.28. The maximum Gasteiger partial charge on any atom is 0.409 e. The average Bonchev–Trinajstić information content (AvgIpc) is 2.41. The predicted octanol–water partition coefficient (Wildman–Crippen LogP) is 0.652. The molecule has 0 N–H and O–H groups in total. The van der Waals surface area contributed by atoms with Crippen molar-refractivity contribution in [2.24, 2.45) is 0 Å². The number of hydrogen-bond donors (Lipinski definition) is 0. The highest BCUT2D eigenvalue weighted by molar-refractivity contribution is 7.91. The highest BCUT2D eigenvalue weighted by Gasteiger charge is 2.43. The molecule has 0 saturated carbocycles. The van der Waals surface area contributed by atoms with E-state index in [1.165, 1.54) is 4.90 Å². The van der Waals surface area contributed by atoms with Gasteiger partial charge in [0.25, 0.3) is 0 Å². The lowest BCUT2D eigenvalue weighted by molar-refractivity contribution is 0.0817. The molecule has 0 aromatic rings. The Balaban J connectivity index is 2.76. The molecule has 1 amide bonds. The predicted molar refractivity (Wildman–Crippen MR) is 56.5 cm³/mol. The maximum absolute atomic E-state index is 11.5. The number of rotatable bonds is 2. The number of nitrogens with zero attached hydrogens (tertiary/aromatic N) is 1. The van der Waals surface area contributed by atoms with Crippen molar-refractivity contribution < 1.29 is 17.9 Å². The number of hydrogen-bond acceptors (Lipinski definition) is 4. The molecule has 5 nitrogen and oxygen atoms in total. The lowest BCUT2D eigenvalue weighted by Gasteiger charge is -2.33. The highest BCUT2D eigenvalue weighted by Crippen LogP contribution is 2.28. The van der Waals surface area contributed by atoms with Crippen LogP contribution in [0.5, 0.6) is 0 Å². The van der Waals surface area contributed by atoms with Crippen molar-refractivity contribution in [2.75, 3.05) is 25.2 Å². The fourth-order valence-electron chi connectivity index (χ4n) is 1.70. The van der Waals surface area contributed by atoms with Crippen LogP contribution in [0.25, 0.3) is 0 Å². The second kappa shape index (κ2) is 4.00. The fourth-order valence-corrected chi connectivity index (χ4v) is 3.88. The van der Waals surface area contributed by atoms with E-state index in [0.717, 1.165) is 0 Å². The van der Waals surface area contributed by atoms with Crippen molar-refractivity contribution in [1.29, 1.82) is 0 Å². The van der Waals surface area contributed by atoms with E-state index >= 15 is 0 Å². The van der Waals surface area contributed by atoms with Gasteiger partial charge in [0.15, 0.2) is 9.84 Å². The summed E-state index contributed by atoms with van der Waals surface area (Å²) in [5, 5.41) is 0. The van der Waals surface area contributed by atoms with E-state index in [4.69, 9.17) is 4.74 Å². The Morgan fingerprint density at radius 2 is 2.13 bits per heavy atom. The first-order valence-electron chi connectivity index (χ1n) is 4.92. The summed E-state index contributed by atoms with van der Waals surface area (Å²) in [5.41, 5.74) is -0.620. The molecule has 15 heavy (non-hydrogen) atoms. The molecule has 0 aromatic carbocycles. The summed E-state index contributed by atoms with van der Waals surface area (Å²) < 4.78 is 27.5. The van der Waals surface area contributed by atoms with E-state index in [-0.39, 0.29) is 11.5 Å². The lowest BCUT2D eigenvalue weighted by Crippen LogP contribution is -2.48. The van der Waals surface area contributed by atoms with Gasteiger partial charge >= 0.3 is 6.09 Å². The van der Waals surface area contributed by atoms with Crippen LogP contribution < -0.4 is 0 Å². The number of sulfone groups is 1. The van der Waals surface area contributed by atoms with Crippen molar-refractivity contribution in [3.63, 3.8) is 0 Å². The van der Waals surface area contributed by atoms with Crippen LogP contribution in [-0.4, -0.2) is 50.1 Å². The van der Waals surface area contributed by atoms with Crippen molar-refractivity contribution in [3.8, 4) is 0 Å². The van der Waals surface area contributed by atoms with Crippen LogP contribution >= 0.6 is 0 Å². The minimum atomic E-state index is -3.00. The third kappa shape index (κ3) is 2.62. The number of amides is 1. The van der Waals surface area contributed by atoms with Gasteiger partial charge in [0.1, 0.15) is 0 Å². The maximum atomic E-state index is 11.5. The van der Waals surface area contributed by atoms with Gasteiger partial charge in [0, 0.05) is 7.05 Å². The molecule has 1 aliphatic heterocycles. The number of carbonyl (C=O) groups excluding carboxylic acids is 1. The molecule has 0 aromatic heterocycles. The zero-order valence-electron chi connectivity index (χ0n) is 9.32. The molecule has 0 radical (unpaired) electrons. The van der Waals surface area contributed by atoms with Crippen LogP contribution in [0.15, 0.2) is 0 Å². The lowest BCUT2D eigenvalue weighted by atomic mass is 10.0. The number of ether oxygens (including phenoxy) is 1. The molecule has 1 rings (SSSR count). The van der Waals surface area contributed by atoms with Gasteiger partial charge in [-0.05, 0) is 20.3 Å². The Morgan fingerprint density at radius 1 is 1.53 bits per heavy atom. The zero-order valence-corrected chi connectivity index (χ0v) is 10.1. The van der Waals surface area contributed by atoms with Gasteiger partial charge < -0.3 is 9.64 Å². The molecule has 0 spiro atoms. The van der Waals surface area contributed by atoms with E-state index in [1.54, 1.807) is 20.9 Å². The second-order valence-corrected chi connectivity index (χ2v) is 6.28. The van der Waals surface area contributed by atoms with E-state index in [2.05, 4.69) is 0 Å². The van der Waals surface area contributed by atoms with Gasteiger partial charge in [0.2, 0.25) is 0 Å². The van der Waals surface area contributed by atoms with Crippen LogP contribution in [0.4, 0.5) is 4.79 Å². The smallest absolute Gasteiger partial charge is 0.409 e. The Bertz CT molecular complexity index is 351. The molecule has 1 heterocycles. The van der Waals surface area contributed by atoms with E-state index in [9.17, 15) is 13.2 Å². The quantitative estimate of drug-likeness (QED) is 0.705. The Hall–Kier alpha value is -0.780. The molecular weight excluding hydrogens is 218 g/mol. The third-order valence-electron chi connectivity index (χ3n) is 2.83. The molecule has 1 fully saturated rings. The van der Waals surface area contributed by atoms with E-state index in [0.29, 0.717) is 13.0 Å². The molecule has 0 bridgehead atoms. The summed E-state index contributed by atoms with van der Waals surface area (Å²) >= 11 is 0. The monoisotopic (exact) mass is 235 g/mol. The van der Waals surface area contributed by atoms with Gasteiger partial charge in [-0.3, -0.25) is 0 Å². The molecule has 0 unspecified atom stereocenters. The van der Waals surface area contributed by atoms with E-state index < -0.39 is 21.5 Å². The normalized spacial score (nSPS) is 28.7. The molecule has 1 aliphatic rings. The van der Waals surface area contributed by atoms with E-state index in [1.807, 2.05) is 0 Å². The topological polar surface area (TPSA) is 63.7 Å². The second-order valence-electron chi connectivity index (χ2n) is 4.10. The summed E-state index contributed by atoms with van der Waals surface area (Å²) in [5.74, 6) is 0.169. The minimum Gasteiger partial charge on any atom is -0.450 e. The van der Waals surface area contributed by atoms with Crippen LogP contribution in [0.1, 0.15) is 20.3 Å². The van der Waals surface area contributed by atoms with Gasteiger partial charge in [-0.2, -0.15) is 0 Å². The average molecular weight is 235 g/mol. The zero-order chi connectivity index (χ0) is 11.7. The summed E-state index contributed by atoms with van der Waals surface area (Å²) in [4.78, 5) is 12.8. The van der Waals surface area contributed by atoms with Gasteiger partial charge in [-0.25, -0.2) is 13.2 Å². The van der Waals surface area contributed by atoms with Gasteiger partial charge in [-0.1, -0.05) is 0 Å². The number of carbonyl (C=O) groups is 1. The van der Waals surface area contributed by atoms with Crippen molar-refractivity contribution >= 4 is 15.9 Å². The molecule has 1 saturated heterocycles. The van der Waals surface area contributed by atoms with Crippen molar-refractivity contribution in [1.82, 2.24) is 4.90 Å². The standard InChI is InChI=1S/C9H17NO4S/c1-4-14-8(11)10(3)9(2)5-6-15(12,13)7-9/h4-7H2,1-3H3/t9-/m0/s1. The van der Waals surface area contributed by atoms with Gasteiger partial charge in [0.05, 0.1) is 23.7 Å².